The van der Waals surface area contributed by atoms with E-state index >= 15 is 0 Å². The number of nitrogens with one attached hydrogen (secondary N) is 1. The van der Waals surface area contributed by atoms with Gasteiger partial charge in [-0.2, -0.15) is 0 Å². The Morgan fingerprint density at radius 1 is 1.20 bits per heavy atom. The van der Waals surface area contributed by atoms with Crippen LogP contribution in [-0.4, -0.2) is 7.05 Å². The van der Waals surface area contributed by atoms with E-state index in [1.807, 2.05) is 38.2 Å². The van der Waals surface area contributed by atoms with E-state index in [2.05, 4.69) is 21.2 Å². The van der Waals surface area contributed by atoms with Crippen molar-refractivity contribution < 1.29 is 9.13 Å². The Kier molecular flexibility index (Phi) is 5.15. The molecule has 0 aliphatic rings. The Bertz CT molecular complexity index is 601. The quantitative estimate of drug-likeness (QED) is 0.882. The van der Waals surface area contributed by atoms with Crippen molar-refractivity contribution in [2.45, 2.75) is 20.1 Å². The van der Waals surface area contributed by atoms with Crippen LogP contribution >= 0.6 is 15.9 Å². The van der Waals surface area contributed by atoms with Gasteiger partial charge in [-0.05, 0) is 55.4 Å². The van der Waals surface area contributed by atoms with Gasteiger partial charge in [-0.25, -0.2) is 4.39 Å². The van der Waals surface area contributed by atoms with Gasteiger partial charge >= 0.3 is 0 Å². The molecule has 0 saturated carbocycles. The lowest BCUT2D eigenvalue weighted by atomic mass is 10.1. The maximum Gasteiger partial charge on any atom is 0.129 e. The first-order valence-corrected chi connectivity index (χ1v) is 7.20. The second kappa shape index (κ2) is 6.86. The Morgan fingerprint density at radius 2 is 2.00 bits per heavy atom. The summed E-state index contributed by atoms with van der Waals surface area (Å²) in [4.78, 5) is 0. The number of hydrogen-bond acceptors (Lipinski definition) is 2. The Hall–Kier alpha value is -1.39. The zero-order valence-corrected chi connectivity index (χ0v) is 13.1. The molecule has 0 radical (unpaired) electrons. The topological polar surface area (TPSA) is 21.3 Å². The first kappa shape index (κ1) is 15.0. The van der Waals surface area contributed by atoms with Gasteiger partial charge < -0.3 is 10.1 Å². The zero-order chi connectivity index (χ0) is 14.5. The summed E-state index contributed by atoms with van der Waals surface area (Å²) in [6.45, 7) is 2.91. The van der Waals surface area contributed by atoms with Gasteiger partial charge in [-0.15, -0.1) is 0 Å². The van der Waals surface area contributed by atoms with E-state index in [0.29, 0.717) is 12.1 Å². The third kappa shape index (κ3) is 3.81. The first-order chi connectivity index (χ1) is 9.60. The lowest BCUT2D eigenvalue weighted by Gasteiger charge is -2.11. The lowest BCUT2D eigenvalue weighted by molar-refractivity contribution is 0.297. The second-order valence-electron chi connectivity index (χ2n) is 4.65. The third-order valence-corrected chi connectivity index (χ3v) is 3.50. The Morgan fingerprint density at radius 3 is 2.70 bits per heavy atom. The second-order valence-corrected chi connectivity index (χ2v) is 5.57. The predicted molar refractivity (Wildman–Crippen MR) is 82.4 cm³/mol. The maximum absolute atomic E-state index is 13.8. The largest absolute Gasteiger partial charge is 0.489 e. The molecule has 0 fully saturated rings. The summed E-state index contributed by atoms with van der Waals surface area (Å²) in [5, 5.41) is 3.05. The third-order valence-electron chi connectivity index (χ3n) is 3.01. The number of hydrogen-bond donors (Lipinski definition) is 1. The molecule has 2 nitrogen and oxygen atoms in total. The molecule has 0 unspecified atom stereocenters. The van der Waals surface area contributed by atoms with E-state index in [1.54, 1.807) is 6.07 Å². The molecule has 0 aliphatic carbocycles. The highest BCUT2D eigenvalue weighted by molar-refractivity contribution is 9.10. The molecule has 0 heterocycles. The summed E-state index contributed by atoms with van der Waals surface area (Å²) < 4.78 is 20.5. The fourth-order valence-electron chi connectivity index (χ4n) is 1.98. The molecule has 2 aromatic carbocycles. The van der Waals surface area contributed by atoms with E-state index in [0.717, 1.165) is 21.3 Å². The van der Waals surface area contributed by atoms with Crippen molar-refractivity contribution >= 4 is 15.9 Å². The molecule has 0 aromatic heterocycles. The van der Waals surface area contributed by atoms with Crippen molar-refractivity contribution in [1.82, 2.24) is 5.32 Å². The average Bonchev–Trinajstić information content (AvgIpc) is 2.41. The highest BCUT2D eigenvalue weighted by atomic mass is 79.9. The minimum Gasteiger partial charge on any atom is -0.489 e. The summed E-state index contributed by atoms with van der Waals surface area (Å²) in [5.74, 6) is 0.534. The van der Waals surface area contributed by atoms with Crippen molar-refractivity contribution in [3.63, 3.8) is 0 Å². The molecular weight excluding hydrogens is 321 g/mol. The monoisotopic (exact) mass is 337 g/mol. The molecule has 2 aromatic rings. The van der Waals surface area contributed by atoms with Crippen molar-refractivity contribution in [3.8, 4) is 5.75 Å². The van der Waals surface area contributed by atoms with Crippen LogP contribution in [0.2, 0.25) is 0 Å². The molecule has 4 heteroatoms. The van der Waals surface area contributed by atoms with Gasteiger partial charge in [-0.3, -0.25) is 0 Å². The SMILES string of the molecule is CNCc1ccc(F)c(COc2ccc(Br)cc2C)c1. The minimum absolute atomic E-state index is 0.228. The smallest absolute Gasteiger partial charge is 0.129 e. The van der Waals surface area contributed by atoms with Crippen LogP contribution < -0.4 is 10.1 Å². The van der Waals surface area contributed by atoms with Crippen molar-refractivity contribution in [1.29, 1.82) is 0 Å². The molecule has 0 saturated heterocycles. The maximum atomic E-state index is 13.8. The number of halogens is 2. The summed E-state index contributed by atoms with van der Waals surface area (Å²) >= 11 is 3.41. The molecule has 1 N–H and O–H groups in total. The van der Waals surface area contributed by atoms with E-state index < -0.39 is 0 Å². The number of rotatable bonds is 5. The summed E-state index contributed by atoms with van der Waals surface area (Å²) in [6, 6.07) is 10.9. The van der Waals surface area contributed by atoms with Gasteiger partial charge in [0.2, 0.25) is 0 Å². The van der Waals surface area contributed by atoms with Gasteiger partial charge in [0.1, 0.15) is 18.2 Å². The molecule has 0 bridgehead atoms. The van der Waals surface area contributed by atoms with Crippen LogP contribution in [0, 0.1) is 12.7 Å². The highest BCUT2D eigenvalue weighted by Gasteiger charge is 2.06. The molecular formula is C16H17BrFNO. The fraction of sp³-hybridized carbons (Fsp3) is 0.250. The zero-order valence-electron chi connectivity index (χ0n) is 11.5. The van der Waals surface area contributed by atoms with E-state index in [-0.39, 0.29) is 12.4 Å². The van der Waals surface area contributed by atoms with Gasteiger partial charge in [0.05, 0.1) is 0 Å². The molecule has 2 rings (SSSR count). The van der Waals surface area contributed by atoms with E-state index in [9.17, 15) is 4.39 Å². The van der Waals surface area contributed by atoms with E-state index in [1.165, 1.54) is 6.07 Å². The molecule has 0 spiro atoms. The van der Waals surface area contributed by atoms with Crippen LogP contribution in [0.5, 0.6) is 5.75 Å². The van der Waals surface area contributed by atoms with Crippen molar-refractivity contribution in [2.75, 3.05) is 7.05 Å². The van der Waals surface area contributed by atoms with Gasteiger partial charge in [-0.1, -0.05) is 22.0 Å². The van der Waals surface area contributed by atoms with Crippen molar-refractivity contribution in [3.05, 3.63) is 63.4 Å². The number of benzene rings is 2. The van der Waals surface area contributed by atoms with Gasteiger partial charge in [0, 0.05) is 16.6 Å². The lowest BCUT2D eigenvalue weighted by Crippen LogP contribution is -2.07. The van der Waals surface area contributed by atoms with Crippen LogP contribution in [0.4, 0.5) is 4.39 Å². The molecule has 0 atom stereocenters. The Labute approximate surface area is 127 Å². The molecule has 106 valence electrons. The molecule has 0 aliphatic heterocycles. The standard InChI is InChI=1S/C16H17BrFNO/c1-11-7-14(17)4-6-16(11)20-10-13-8-12(9-19-2)3-5-15(13)18/h3-8,19H,9-10H2,1-2H3. The summed E-state index contributed by atoms with van der Waals surface area (Å²) in [7, 11) is 1.87. The Balaban J connectivity index is 2.11. The fourth-order valence-corrected chi connectivity index (χ4v) is 2.46. The average molecular weight is 338 g/mol. The van der Waals surface area contributed by atoms with Crippen LogP contribution in [0.15, 0.2) is 40.9 Å². The van der Waals surface area contributed by atoms with Crippen LogP contribution in [-0.2, 0) is 13.2 Å². The molecule has 20 heavy (non-hydrogen) atoms. The number of aryl methyl sites for hydroxylation is 1. The van der Waals surface area contributed by atoms with Gasteiger partial charge in [0.25, 0.3) is 0 Å². The van der Waals surface area contributed by atoms with E-state index in [4.69, 9.17) is 4.74 Å². The normalized spacial score (nSPS) is 10.6. The van der Waals surface area contributed by atoms with Crippen LogP contribution in [0.1, 0.15) is 16.7 Å². The van der Waals surface area contributed by atoms with Gasteiger partial charge in [0.15, 0.2) is 0 Å². The summed E-state index contributed by atoms with van der Waals surface area (Å²) in [5.41, 5.74) is 2.63. The van der Waals surface area contributed by atoms with Crippen LogP contribution in [0.3, 0.4) is 0 Å². The minimum atomic E-state index is -0.236. The van der Waals surface area contributed by atoms with Crippen molar-refractivity contribution in [2.24, 2.45) is 0 Å². The molecule has 0 amide bonds. The first-order valence-electron chi connectivity index (χ1n) is 6.41. The van der Waals surface area contributed by atoms with Crippen LogP contribution in [0.25, 0.3) is 0 Å². The predicted octanol–water partition coefficient (Wildman–Crippen LogP) is 4.20. The number of ether oxygens (including phenoxy) is 1. The highest BCUT2D eigenvalue weighted by Crippen LogP contribution is 2.23. The summed E-state index contributed by atoms with van der Waals surface area (Å²) in [6.07, 6.45) is 0.